The van der Waals surface area contributed by atoms with Gasteiger partial charge in [-0.05, 0) is 24.0 Å². The van der Waals surface area contributed by atoms with Crippen LogP contribution in [0.1, 0.15) is 36.5 Å². The molecular formula is C16H23N5. The van der Waals surface area contributed by atoms with E-state index in [2.05, 4.69) is 65.3 Å². The van der Waals surface area contributed by atoms with Crippen LogP contribution < -0.4 is 16.2 Å². The molecule has 2 rings (SSSR count). The van der Waals surface area contributed by atoms with Gasteiger partial charge in [0, 0.05) is 19.2 Å². The van der Waals surface area contributed by atoms with Crippen molar-refractivity contribution in [2.24, 2.45) is 5.84 Å². The number of nitrogens with two attached hydrogens (primary N) is 1. The summed E-state index contributed by atoms with van der Waals surface area (Å²) in [6.45, 7) is 7.15. The Hall–Kier alpha value is -2.14. The SMILES string of the molecule is Cc1ccccc1CN(C)c1ncnc(NN)c1C(C)C. The maximum atomic E-state index is 5.58. The molecule has 1 aromatic heterocycles. The van der Waals surface area contributed by atoms with Gasteiger partial charge in [-0.2, -0.15) is 0 Å². The summed E-state index contributed by atoms with van der Waals surface area (Å²) in [5.74, 6) is 7.46. The molecule has 0 amide bonds. The summed E-state index contributed by atoms with van der Waals surface area (Å²) in [6.07, 6.45) is 1.55. The molecule has 1 aromatic carbocycles. The van der Waals surface area contributed by atoms with E-state index in [1.165, 1.54) is 11.1 Å². The predicted octanol–water partition coefficient (Wildman–Crippen LogP) is 2.83. The first-order valence-corrected chi connectivity index (χ1v) is 7.11. The van der Waals surface area contributed by atoms with Crippen LogP contribution in [0.25, 0.3) is 0 Å². The third-order valence-electron chi connectivity index (χ3n) is 3.61. The number of aryl methyl sites for hydroxylation is 1. The molecule has 112 valence electrons. The topological polar surface area (TPSA) is 67.1 Å². The summed E-state index contributed by atoms with van der Waals surface area (Å²) < 4.78 is 0. The fraction of sp³-hybridized carbons (Fsp3) is 0.375. The van der Waals surface area contributed by atoms with Crippen molar-refractivity contribution in [1.82, 2.24) is 9.97 Å². The lowest BCUT2D eigenvalue weighted by Crippen LogP contribution is -2.22. The maximum Gasteiger partial charge on any atom is 0.148 e. The quantitative estimate of drug-likeness (QED) is 0.653. The van der Waals surface area contributed by atoms with E-state index < -0.39 is 0 Å². The molecule has 0 aliphatic rings. The Balaban J connectivity index is 2.35. The highest BCUT2D eigenvalue weighted by Crippen LogP contribution is 2.30. The zero-order chi connectivity index (χ0) is 15.4. The third kappa shape index (κ3) is 3.31. The molecule has 0 unspecified atom stereocenters. The van der Waals surface area contributed by atoms with Crippen LogP contribution in [-0.4, -0.2) is 17.0 Å². The Morgan fingerprint density at radius 3 is 2.57 bits per heavy atom. The summed E-state index contributed by atoms with van der Waals surface area (Å²) in [6, 6.07) is 8.38. The lowest BCUT2D eigenvalue weighted by molar-refractivity contribution is 0.807. The molecule has 5 nitrogen and oxygen atoms in total. The van der Waals surface area contributed by atoms with Crippen molar-refractivity contribution in [2.45, 2.75) is 33.2 Å². The van der Waals surface area contributed by atoms with Crippen molar-refractivity contribution in [3.8, 4) is 0 Å². The summed E-state index contributed by atoms with van der Waals surface area (Å²) in [5.41, 5.74) is 6.27. The molecule has 0 fully saturated rings. The number of benzene rings is 1. The van der Waals surface area contributed by atoms with E-state index in [9.17, 15) is 0 Å². The lowest BCUT2D eigenvalue weighted by atomic mass is 10.0. The molecule has 0 atom stereocenters. The Kier molecular flexibility index (Phi) is 4.75. The molecule has 1 heterocycles. The van der Waals surface area contributed by atoms with Crippen molar-refractivity contribution >= 4 is 11.6 Å². The minimum absolute atomic E-state index is 0.284. The zero-order valence-electron chi connectivity index (χ0n) is 13.1. The first-order valence-electron chi connectivity index (χ1n) is 7.11. The fourth-order valence-corrected chi connectivity index (χ4v) is 2.46. The zero-order valence-corrected chi connectivity index (χ0v) is 13.1. The van der Waals surface area contributed by atoms with E-state index >= 15 is 0 Å². The Bertz CT molecular complexity index is 609. The second kappa shape index (κ2) is 6.54. The van der Waals surface area contributed by atoms with E-state index in [-0.39, 0.29) is 5.92 Å². The van der Waals surface area contributed by atoms with Crippen LogP contribution >= 0.6 is 0 Å². The van der Waals surface area contributed by atoms with Gasteiger partial charge in [0.05, 0.1) is 0 Å². The van der Waals surface area contributed by atoms with Crippen LogP contribution in [0.4, 0.5) is 11.6 Å². The molecule has 0 spiro atoms. The van der Waals surface area contributed by atoms with Gasteiger partial charge in [-0.25, -0.2) is 15.8 Å². The summed E-state index contributed by atoms with van der Waals surface area (Å²) >= 11 is 0. The third-order valence-corrected chi connectivity index (χ3v) is 3.61. The van der Waals surface area contributed by atoms with E-state index in [0.29, 0.717) is 5.82 Å². The highest BCUT2D eigenvalue weighted by atomic mass is 15.3. The van der Waals surface area contributed by atoms with Crippen LogP contribution in [0.3, 0.4) is 0 Å². The lowest BCUT2D eigenvalue weighted by Gasteiger charge is -2.24. The molecule has 0 bridgehead atoms. The molecule has 0 aliphatic carbocycles. The second-order valence-electron chi connectivity index (χ2n) is 5.54. The molecule has 0 aliphatic heterocycles. The molecule has 2 aromatic rings. The van der Waals surface area contributed by atoms with E-state index in [1.807, 2.05) is 7.05 Å². The van der Waals surface area contributed by atoms with Crippen molar-refractivity contribution < 1.29 is 0 Å². The van der Waals surface area contributed by atoms with Crippen LogP contribution in [0.15, 0.2) is 30.6 Å². The number of hydrazine groups is 1. The molecule has 21 heavy (non-hydrogen) atoms. The Labute approximate surface area is 126 Å². The van der Waals surface area contributed by atoms with Gasteiger partial charge >= 0.3 is 0 Å². The molecule has 0 saturated carbocycles. The highest BCUT2D eigenvalue weighted by molar-refractivity contribution is 5.59. The Morgan fingerprint density at radius 1 is 1.24 bits per heavy atom. The number of nitrogen functional groups attached to an aromatic ring is 1. The van der Waals surface area contributed by atoms with Gasteiger partial charge < -0.3 is 10.3 Å². The van der Waals surface area contributed by atoms with Gasteiger partial charge in [-0.3, -0.25) is 0 Å². The smallest absolute Gasteiger partial charge is 0.148 e. The molecule has 0 saturated heterocycles. The van der Waals surface area contributed by atoms with E-state index in [1.54, 1.807) is 6.33 Å². The molecule has 5 heteroatoms. The minimum Gasteiger partial charge on any atom is -0.355 e. The molecular weight excluding hydrogens is 262 g/mol. The monoisotopic (exact) mass is 285 g/mol. The maximum absolute atomic E-state index is 5.58. The summed E-state index contributed by atoms with van der Waals surface area (Å²) in [5, 5.41) is 0. The van der Waals surface area contributed by atoms with Crippen LogP contribution in [0.2, 0.25) is 0 Å². The van der Waals surface area contributed by atoms with Crippen molar-refractivity contribution in [3.63, 3.8) is 0 Å². The van der Waals surface area contributed by atoms with Gasteiger partial charge in [0.25, 0.3) is 0 Å². The second-order valence-corrected chi connectivity index (χ2v) is 5.54. The van der Waals surface area contributed by atoms with Gasteiger partial charge in [-0.1, -0.05) is 38.1 Å². The van der Waals surface area contributed by atoms with Crippen molar-refractivity contribution in [1.29, 1.82) is 0 Å². The van der Waals surface area contributed by atoms with Crippen LogP contribution in [0.5, 0.6) is 0 Å². The van der Waals surface area contributed by atoms with Crippen LogP contribution in [-0.2, 0) is 6.54 Å². The molecule has 3 N–H and O–H groups in total. The van der Waals surface area contributed by atoms with Gasteiger partial charge in [0.1, 0.15) is 18.0 Å². The Morgan fingerprint density at radius 2 is 1.95 bits per heavy atom. The molecule has 0 radical (unpaired) electrons. The predicted molar refractivity (Wildman–Crippen MR) is 87.2 cm³/mol. The number of hydrogen-bond donors (Lipinski definition) is 2. The van der Waals surface area contributed by atoms with E-state index in [4.69, 9.17) is 5.84 Å². The highest BCUT2D eigenvalue weighted by Gasteiger charge is 2.17. The normalized spacial score (nSPS) is 10.8. The number of aromatic nitrogens is 2. The minimum atomic E-state index is 0.284. The van der Waals surface area contributed by atoms with Gasteiger partial charge in [-0.15, -0.1) is 0 Å². The van der Waals surface area contributed by atoms with Crippen molar-refractivity contribution in [3.05, 3.63) is 47.3 Å². The number of nitrogens with zero attached hydrogens (tertiary/aromatic N) is 3. The average Bonchev–Trinajstić information content (AvgIpc) is 2.48. The van der Waals surface area contributed by atoms with Gasteiger partial charge in [0.2, 0.25) is 0 Å². The first-order chi connectivity index (χ1) is 10.0. The number of rotatable bonds is 5. The standard InChI is InChI=1S/C16H23N5/c1-11(2)14-15(20-17)18-10-19-16(14)21(4)9-13-8-6-5-7-12(13)3/h5-8,10-11H,9,17H2,1-4H3,(H,18,19,20). The largest absolute Gasteiger partial charge is 0.355 e. The summed E-state index contributed by atoms with van der Waals surface area (Å²) in [7, 11) is 2.04. The van der Waals surface area contributed by atoms with Crippen molar-refractivity contribution in [2.75, 3.05) is 17.4 Å². The van der Waals surface area contributed by atoms with Crippen LogP contribution in [0, 0.1) is 6.92 Å². The van der Waals surface area contributed by atoms with Gasteiger partial charge in [0.15, 0.2) is 0 Å². The number of nitrogens with one attached hydrogen (secondary N) is 1. The number of hydrogen-bond acceptors (Lipinski definition) is 5. The average molecular weight is 285 g/mol. The number of anilines is 2. The first kappa shape index (κ1) is 15.3. The fourth-order valence-electron chi connectivity index (χ4n) is 2.46. The van der Waals surface area contributed by atoms with E-state index in [0.717, 1.165) is 17.9 Å². The summed E-state index contributed by atoms with van der Waals surface area (Å²) in [4.78, 5) is 10.8.